The summed E-state index contributed by atoms with van der Waals surface area (Å²) in [6, 6.07) is 13.7. The summed E-state index contributed by atoms with van der Waals surface area (Å²) in [7, 11) is -4.31. The summed E-state index contributed by atoms with van der Waals surface area (Å²) in [5.74, 6) is -1.83. The Balaban J connectivity index is 2.34. The zero-order valence-electron chi connectivity index (χ0n) is 13.8. The number of rotatable bonds is 7. The maximum Gasteiger partial charge on any atom is 0.345 e. The zero-order valence-corrected chi connectivity index (χ0v) is 14.7. The minimum atomic E-state index is -4.31. The third-order valence-electron chi connectivity index (χ3n) is 3.33. The summed E-state index contributed by atoms with van der Waals surface area (Å²) in [5.41, 5.74) is 1.01. The Morgan fingerprint density at radius 2 is 1.60 bits per heavy atom. The summed E-state index contributed by atoms with van der Waals surface area (Å²) >= 11 is 0. The van der Waals surface area contributed by atoms with Crippen LogP contribution in [0.2, 0.25) is 0 Å². The molecule has 0 saturated heterocycles. The third kappa shape index (κ3) is 4.74. The number of ketones is 1. The number of carbonyl (C=O) groups excluding carboxylic acids is 2. The molecule has 6 nitrogen and oxygen atoms in total. The Morgan fingerprint density at radius 1 is 1.00 bits per heavy atom. The van der Waals surface area contributed by atoms with Gasteiger partial charge < -0.3 is 4.74 Å². The average Bonchev–Trinajstić information content (AvgIpc) is 2.60. The molecule has 132 valence electrons. The number of benzene rings is 2. The van der Waals surface area contributed by atoms with E-state index in [1.165, 1.54) is 24.3 Å². The molecule has 0 aliphatic rings. The van der Waals surface area contributed by atoms with Crippen molar-refractivity contribution in [2.45, 2.75) is 24.8 Å². The molecular weight excluding hydrogens is 344 g/mol. The lowest BCUT2D eigenvalue weighted by atomic mass is 10.1. The van der Waals surface area contributed by atoms with Crippen LogP contribution in [0.5, 0.6) is 0 Å². The monoisotopic (exact) mass is 362 g/mol. The molecular formula is C18H18O6S. The molecule has 0 spiro atoms. The fraction of sp³-hybridized carbons (Fsp3) is 0.222. The molecule has 7 heteroatoms. The van der Waals surface area contributed by atoms with E-state index < -0.39 is 28.0 Å². The van der Waals surface area contributed by atoms with Gasteiger partial charge in [0.25, 0.3) is 10.1 Å². The summed E-state index contributed by atoms with van der Waals surface area (Å²) < 4.78 is 34.6. The predicted molar refractivity (Wildman–Crippen MR) is 90.6 cm³/mol. The van der Waals surface area contributed by atoms with Gasteiger partial charge in [-0.2, -0.15) is 8.42 Å². The van der Waals surface area contributed by atoms with E-state index in [1.807, 2.05) is 0 Å². The number of esters is 1. The van der Waals surface area contributed by atoms with Crippen molar-refractivity contribution in [3.8, 4) is 0 Å². The molecule has 0 saturated carbocycles. The van der Waals surface area contributed by atoms with Crippen LogP contribution in [0.3, 0.4) is 0 Å². The molecule has 1 atom stereocenters. The molecule has 25 heavy (non-hydrogen) atoms. The Kier molecular flexibility index (Phi) is 6.06. The van der Waals surface area contributed by atoms with Crippen LogP contribution >= 0.6 is 0 Å². The molecule has 0 heterocycles. The van der Waals surface area contributed by atoms with E-state index in [9.17, 15) is 18.0 Å². The molecule has 1 unspecified atom stereocenters. The van der Waals surface area contributed by atoms with E-state index >= 15 is 0 Å². The van der Waals surface area contributed by atoms with E-state index in [0.717, 1.165) is 5.56 Å². The largest absolute Gasteiger partial charge is 0.464 e. The fourth-order valence-corrected chi connectivity index (χ4v) is 3.05. The van der Waals surface area contributed by atoms with Crippen LogP contribution in [-0.4, -0.2) is 32.9 Å². The van der Waals surface area contributed by atoms with Crippen molar-refractivity contribution in [3.05, 3.63) is 65.7 Å². The van der Waals surface area contributed by atoms with Gasteiger partial charge >= 0.3 is 5.97 Å². The Bertz CT molecular complexity index is 841. The molecule has 2 aromatic carbocycles. The molecule has 0 fully saturated rings. The number of hydrogen-bond acceptors (Lipinski definition) is 6. The van der Waals surface area contributed by atoms with Crippen molar-refractivity contribution < 1.29 is 26.9 Å². The summed E-state index contributed by atoms with van der Waals surface area (Å²) in [4.78, 5) is 24.5. The highest BCUT2D eigenvalue weighted by Gasteiger charge is 2.35. The van der Waals surface area contributed by atoms with E-state index in [0.29, 0.717) is 0 Å². The lowest BCUT2D eigenvalue weighted by Gasteiger charge is -2.15. The van der Waals surface area contributed by atoms with Gasteiger partial charge in [-0.05, 0) is 26.0 Å². The van der Waals surface area contributed by atoms with Gasteiger partial charge in [-0.25, -0.2) is 8.98 Å². The first kappa shape index (κ1) is 18.8. The maximum atomic E-state index is 12.5. The topological polar surface area (TPSA) is 86.7 Å². The summed E-state index contributed by atoms with van der Waals surface area (Å²) in [5, 5.41) is 0. The number of Topliss-reactive ketones (excluding diaryl/α,β-unsaturated/α-hetero) is 1. The molecule has 0 amide bonds. The summed E-state index contributed by atoms with van der Waals surface area (Å²) in [6.07, 6.45) is -1.89. The van der Waals surface area contributed by atoms with E-state index in [-0.39, 0.29) is 17.1 Å². The Morgan fingerprint density at radius 3 is 2.16 bits per heavy atom. The number of aryl methyl sites for hydroxylation is 1. The lowest BCUT2D eigenvalue weighted by Crippen LogP contribution is -2.36. The van der Waals surface area contributed by atoms with Crippen LogP contribution < -0.4 is 0 Å². The van der Waals surface area contributed by atoms with Crippen molar-refractivity contribution in [2.75, 3.05) is 6.61 Å². The zero-order chi connectivity index (χ0) is 18.4. The minimum absolute atomic E-state index is 0.00859. The quantitative estimate of drug-likeness (QED) is 0.326. The van der Waals surface area contributed by atoms with Crippen LogP contribution in [0.4, 0.5) is 0 Å². The molecule has 0 aromatic heterocycles. The molecule has 2 aromatic rings. The number of ether oxygens (including phenoxy) is 1. The van der Waals surface area contributed by atoms with Gasteiger partial charge in [-0.1, -0.05) is 48.0 Å². The Hall–Kier alpha value is -2.51. The molecule has 0 aliphatic carbocycles. The van der Waals surface area contributed by atoms with Crippen molar-refractivity contribution in [2.24, 2.45) is 0 Å². The molecule has 0 bridgehead atoms. The van der Waals surface area contributed by atoms with Gasteiger partial charge in [-0.15, -0.1) is 0 Å². The summed E-state index contributed by atoms with van der Waals surface area (Å²) in [6.45, 7) is 3.35. The second kappa shape index (κ2) is 8.04. The van der Waals surface area contributed by atoms with Gasteiger partial charge in [0.2, 0.25) is 11.9 Å². The number of hydrogen-bond donors (Lipinski definition) is 0. The SMILES string of the molecule is CCOC(=O)C(OS(=O)(=O)c1ccc(C)cc1)C(=O)c1ccccc1. The second-order valence-electron chi connectivity index (χ2n) is 5.23. The van der Waals surface area contributed by atoms with Gasteiger partial charge in [0, 0.05) is 5.56 Å². The van der Waals surface area contributed by atoms with Crippen LogP contribution in [0.1, 0.15) is 22.8 Å². The predicted octanol–water partition coefficient (Wildman–Crippen LogP) is 2.51. The van der Waals surface area contributed by atoms with Gasteiger partial charge in [0.15, 0.2) is 0 Å². The Labute approximate surface area is 146 Å². The first-order valence-corrected chi connectivity index (χ1v) is 9.02. The van der Waals surface area contributed by atoms with Crippen LogP contribution in [-0.2, 0) is 23.8 Å². The lowest BCUT2D eigenvalue weighted by molar-refractivity contribution is -0.148. The third-order valence-corrected chi connectivity index (χ3v) is 4.63. The van der Waals surface area contributed by atoms with Gasteiger partial charge in [0.1, 0.15) is 0 Å². The fourth-order valence-electron chi connectivity index (χ4n) is 2.05. The maximum absolute atomic E-state index is 12.5. The van der Waals surface area contributed by atoms with E-state index in [1.54, 1.807) is 44.2 Å². The molecule has 0 N–H and O–H groups in total. The van der Waals surface area contributed by atoms with Crippen molar-refractivity contribution in [1.82, 2.24) is 0 Å². The van der Waals surface area contributed by atoms with E-state index in [2.05, 4.69) is 0 Å². The van der Waals surface area contributed by atoms with Crippen LogP contribution in [0.25, 0.3) is 0 Å². The highest BCUT2D eigenvalue weighted by Crippen LogP contribution is 2.18. The average molecular weight is 362 g/mol. The normalized spacial score (nSPS) is 12.4. The molecule has 0 aliphatic heterocycles. The molecule has 0 radical (unpaired) electrons. The van der Waals surface area contributed by atoms with Gasteiger partial charge in [-0.3, -0.25) is 4.79 Å². The second-order valence-corrected chi connectivity index (χ2v) is 6.80. The number of carbonyl (C=O) groups is 2. The first-order valence-electron chi connectivity index (χ1n) is 7.61. The smallest absolute Gasteiger partial charge is 0.345 e. The van der Waals surface area contributed by atoms with Crippen molar-refractivity contribution >= 4 is 21.9 Å². The van der Waals surface area contributed by atoms with Crippen molar-refractivity contribution in [3.63, 3.8) is 0 Å². The first-order chi connectivity index (χ1) is 11.8. The van der Waals surface area contributed by atoms with E-state index in [4.69, 9.17) is 8.92 Å². The van der Waals surface area contributed by atoms with Crippen LogP contribution in [0.15, 0.2) is 59.5 Å². The standard InChI is InChI=1S/C18H18O6S/c1-3-23-18(20)17(16(19)14-7-5-4-6-8-14)24-25(21,22)15-11-9-13(2)10-12-15/h4-12,17H,3H2,1-2H3. The van der Waals surface area contributed by atoms with Crippen molar-refractivity contribution in [1.29, 1.82) is 0 Å². The van der Waals surface area contributed by atoms with Crippen LogP contribution in [0, 0.1) is 6.92 Å². The highest BCUT2D eigenvalue weighted by atomic mass is 32.2. The minimum Gasteiger partial charge on any atom is -0.464 e. The molecule has 2 rings (SSSR count). The van der Waals surface area contributed by atoms with Gasteiger partial charge in [0.05, 0.1) is 11.5 Å². The highest BCUT2D eigenvalue weighted by molar-refractivity contribution is 7.86.